The van der Waals surface area contributed by atoms with Gasteiger partial charge in [-0.15, -0.1) is 0 Å². The Labute approximate surface area is 112 Å². The smallest absolute Gasteiger partial charge is 0.335 e. The molecule has 0 fully saturated rings. The molecule has 0 aromatic heterocycles. The van der Waals surface area contributed by atoms with Gasteiger partial charge >= 0.3 is 5.97 Å². The van der Waals surface area contributed by atoms with E-state index >= 15 is 0 Å². The molecule has 100 valence electrons. The van der Waals surface area contributed by atoms with Crippen LogP contribution in [0.5, 0.6) is 5.75 Å². The minimum Gasteiger partial charge on any atom is -0.488 e. The van der Waals surface area contributed by atoms with Crippen LogP contribution in [-0.2, 0) is 0 Å². The third-order valence-electron chi connectivity index (χ3n) is 3.17. The van der Waals surface area contributed by atoms with E-state index in [1.54, 1.807) is 6.07 Å². The first-order valence-electron chi connectivity index (χ1n) is 6.36. The van der Waals surface area contributed by atoms with Crippen molar-refractivity contribution in [3.63, 3.8) is 0 Å². The highest BCUT2D eigenvalue weighted by Gasteiger charge is 2.23. The Kier molecular flexibility index (Phi) is 3.91. The second-order valence-corrected chi connectivity index (χ2v) is 4.48. The summed E-state index contributed by atoms with van der Waals surface area (Å²) in [4.78, 5) is 13.2. The Hall–Kier alpha value is -2.22. The van der Waals surface area contributed by atoms with E-state index in [-0.39, 0.29) is 11.1 Å². The number of carbonyl (C=O) groups is 1. The normalized spacial score (nSPS) is 13.4. The predicted molar refractivity (Wildman–Crippen MR) is 70.7 cm³/mol. The van der Waals surface area contributed by atoms with Crippen molar-refractivity contribution in [2.75, 3.05) is 24.6 Å². The fourth-order valence-electron chi connectivity index (χ4n) is 2.17. The zero-order valence-corrected chi connectivity index (χ0v) is 10.8. The monoisotopic (exact) mass is 260 g/mol. The Bertz CT molecular complexity index is 534. The van der Waals surface area contributed by atoms with Crippen molar-refractivity contribution in [2.45, 2.75) is 19.8 Å². The highest BCUT2D eigenvalue weighted by atomic mass is 16.5. The SMILES string of the molecule is CCCCN1CCOc2c(C#N)cc(C(=O)O)cc21. The van der Waals surface area contributed by atoms with Crippen LogP contribution in [0.3, 0.4) is 0 Å². The molecular formula is C14H16N2O3. The van der Waals surface area contributed by atoms with Crippen molar-refractivity contribution in [1.29, 1.82) is 5.26 Å². The number of unbranched alkanes of at least 4 members (excludes halogenated alkanes) is 1. The maximum Gasteiger partial charge on any atom is 0.335 e. The van der Waals surface area contributed by atoms with Crippen molar-refractivity contribution in [3.05, 3.63) is 23.3 Å². The van der Waals surface area contributed by atoms with Gasteiger partial charge < -0.3 is 14.7 Å². The van der Waals surface area contributed by atoms with Gasteiger partial charge in [0, 0.05) is 6.54 Å². The number of rotatable bonds is 4. The molecule has 1 N–H and O–H groups in total. The first kappa shape index (κ1) is 13.2. The van der Waals surface area contributed by atoms with Gasteiger partial charge in [-0.05, 0) is 18.6 Å². The lowest BCUT2D eigenvalue weighted by molar-refractivity contribution is 0.0697. The molecular weight excluding hydrogens is 244 g/mol. The molecule has 2 rings (SSSR count). The van der Waals surface area contributed by atoms with Crippen molar-refractivity contribution >= 4 is 11.7 Å². The Morgan fingerprint density at radius 3 is 3.00 bits per heavy atom. The Morgan fingerprint density at radius 1 is 1.58 bits per heavy atom. The highest BCUT2D eigenvalue weighted by molar-refractivity contribution is 5.91. The molecule has 1 aliphatic heterocycles. The summed E-state index contributed by atoms with van der Waals surface area (Å²) in [6.07, 6.45) is 2.09. The van der Waals surface area contributed by atoms with E-state index in [4.69, 9.17) is 15.1 Å². The van der Waals surface area contributed by atoms with E-state index in [0.717, 1.165) is 31.6 Å². The van der Waals surface area contributed by atoms with Crippen LogP contribution in [0.25, 0.3) is 0 Å². The number of carboxylic acids is 1. The maximum atomic E-state index is 11.1. The van der Waals surface area contributed by atoms with Crippen molar-refractivity contribution < 1.29 is 14.6 Å². The molecule has 0 radical (unpaired) electrons. The molecule has 0 saturated carbocycles. The number of carboxylic acid groups (broad SMARTS) is 1. The van der Waals surface area contributed by atoms with E-state index in [1.807, 2.05) is 6.07 Å². The van der Waals surface area contributed by atoms with Crippen LogP contribution in [0.15, 0.2) is 12.1 Å². The van der Waals surface area contributed by atoms with Crippen LogP contribution >= 0.6 is 0 Å². The molecule has 0 aliphatic carbocycles. The molecule has 1 aliphatic rings. The molecule has 0 atom stereocenters. The number of aromatic carboxylic acids is 1. The van der Waals surface area contributed by atoms with Gasteiger partial charge in [-0.1, -0.05) is 13.3 Å². The van der Waals surface area contributed by atoms with Crippen molar-refractivity contribution in [2.24, 2.45) is 0 Å². The number of nitriles is 1. The first-order valence-corrected chi connectivity index (χ1v) is 6.36. The molecule has 1 aromatic rings. The second-order valence-electron chi connectivity index (χ2n) is 4.48. The number of benzene rings is 1. The average molecular weight is 260 g/mol. The fourth-order valence-corrected chi connectivity index (χ4v) is 2.17. The molecule has 0 saturated heterocycles. The van der Waals surface area contributed by atoms with Crippen molar-refractivity contribution in [3.8, 4) is 11.8 Å². The summed E-state index contributed by atoms with van der Waals surface area (Å²) in [6.45, 7) is 4.20. The van der Waals surface area contributed by atoms with Crippen LogP contribution in [0.2, 0.25) is 0 Å². The molecule has 19 heavy (non-hydrogen) atoms. The second kappa shape index (κ2) is 5.61. The molecule has 0 unspecified atom stereocenters. The van der Waals surface area contributed by atoms with E-state index in [1.165, 1.54) is 6.07 Å². The van der Waals surface area contributed by atoms with Crippen molar-refractivity contribution in [1.82, 2.24) is 0 Å². The van der Waals surface area contributed by atoms with Crippen LogP contribution in [0.4, 0.5) is 5.69 Å². The lowest BCUT2D eigenvalue weighted by Crippen LogP contribution is -2.34. The molecule has 1 aromatic carbocycles. The lowest BCUT2D eigenvalue weighted by atomic mass is 10.1. The van der Waals surface area contributed by atoms with E-state index in [0.29, 0.717) is 12.4 Å². The number of nitrogens with zero attached hydrogens (tertiary/aromatic N) is 2. The molecule has 5 heteroatoms. The van der Waals surface area contributed by atoms with Gasteiger partial charge in [-0.3, -0.25) is 0 Å². The van der Waals surface area contributed by atoms with E-state index in [2.05, 4.69) is 11.8 Å². The largest absolute Gasteiger partial charge is 0.488 e. The van der Waals surface area contributed by atoms with Gasteiger partial charge in [0.25, 0.3) is 0 Å². The number of hydrogen-bond donors (Lipinski definition) is 1. The number of anilines is 1. The van der Waals surface area contributed by atoms with Gasteiger partial charge in [0.05, 0.1) is 23.4 Å². The summed E-state index contributed by atoms with van der Waals surface area (Å²) in [5.74, 6) is -0.518. The summed E-state index contributed by atoms with van der Waals surface area (Å²) in [6, 6.07) is 4.97. The summed E-state index contributed by atoms with van der Waals surface area (Å²) in [5.41, 5.74) is 1.13. The first-order chi connectivity index (χ1) is 9.17. The fraction of sp³-hybridized carbons (Fsp3) is 0.429. The third-order valence-corrected chi connectivity index (χ3v) is 3.17. The highest BCUT2D eigenvalue weighted by Crippen LogP contribution is 2.36. The molecule has 1 heterocycles. The maximum absolute atomic E-state index is 11.1. The Morgan fingerprint density at radius 2 is 2.37 bits per heavy atom. The number of hydrogen-bond acceptors (Lipinski definition) is 4. The third kappa shape index (κ3) is 2.63. The minimum atomic E-state index is -1.03. The van der Waals surface area contributed by atoms with Gasteiger partial charge in [-0.2, -0.15) is 5.26 Å². The summed E-state index contributed by atoms with van der Waals surface area (Å²) in [7, 11) is 0. The lowest BCUT2D eigenvalue weighted by Gasteiger charge is -2.32. The van der Waals surface area contributed by atoms with Crippen LogP contribution in [-0.4, -0.2) is 30.8 Å². The topological polar surface area (TPSA) is 73.6 Å². The van der Waals surface area contributed by atoms with Crippen LogP contribution in [0.1, 0.15) is 35.7 Å². The number of fused-ring (bicyclic) bond motifs is 1. The number of ether oxygens (including phenoxy) is 1. The molecule has 0 bridgehead atoms. The van der Waals surface area contributed by atoms with Gasteiger partial charge in [-0.25, -0.2) is 4.79 Å². The zero-order valence-electron chi connectivity index (χ0n) is 10.8. The Balaban J connectivity index is 2.45. The van der Waals surface area contributed by atoms with E-state index < -0.39 is 5.97 Å². The van der Waals surface area contributed by atoms with Gasteiger partial charge in [0.15, 0.2) is 5.75 Å². The van der Waals surface area contributed by atoms with Gasteiger partial charge in [0.1, 0.15) is 12.7 Å². The molecule has 0 spiro atoms. The zero-order chi connectivity index (χ0) is 13.8. The predicted octanol–water partition coefficient (Wildman–Crippen LogP) is 2.26. The van der Waals surface area contributed by atoms with E-state index in [9.17, 15) is 4.79 Å². The quantitative estimate of drug-likeness (QED) is 0.898. The summed E-state index contributed by atoms with van der Waals surface area (Å²) in [5, 5.41) is 18.2. The molecule has 5 nitrogen and oxygen atoms in total. The molecule has 0 amide bonds. The standard InChI is InChI=1S/C14H16N2O3/c1-2-3-4-16-5-6-19-13-11(9-15)7-10(14(17)18)8-12(13)16/h7-8H,2-6H2,1H3,(H,17,18). The minimum absolute atomic E-state index is 0.127. The average Bonchev–Trinajstić information content (AvgIpc) is 2.43. The summed E-state index contributed by atoms with van der Waals surface area (Å²) >= 11 is 0. The van der Waals surface area contributed by atoms with Crippen LogP contribution < -0.4 is 9.64 Å². The summed E-state index contributed by atoms with van der Waals surface area (Å²) < 4.78 is 5.53. The van der Waals surface area contributed by atoms with Crippen LogP contribution in [0, 0.1) is 11.3 Å². The van der Waals surface area contributed by atoms with Gasteiger partial charge in [0.2, 0.25) is 0 Å².